The molecule has 32 heavy (non-hydrogen) atoms. The number of sulfonamides is 1. The van der Waals surface area contributed by atoms with Gasteiger partial charge >= 0.3 is 4.87 Å². The molecule has 0 aliphatic rings. The van der Waals surface area contributed by atoms with Crippen molar-refractivity contribution in [3.63, 3.8) is 0 Å². The molecule has 1 aromatic heterocycles. The number of rotatable bonds is 8. The second-order valence-corrected chi connectivity index (χ2v) is 10.9. The summed E-state index contributed by atoms with van der Waals surface area (Å²) in [5, 5.41) is 0.636. The lowest BCUT2D eigenvalue weighted by Gasteiger charge is -2.14. The molecule has 0 fully saturated rings. The van der Waals surface area contributed by atoms with Gasteiger partial charge in [0.25, 0.3) is 0 Å². The molecule has 166 valence electrons. The summed E-state index contributed by atoms with van der Waals surface area (Å²) in [6.07, 6.45) is 1.48. The molecule has 0 saturated carbocycles. The highest BCUT2D eigenvalue weighted by molar-refractivity contribution is 7.89. The fourth-order valence-electron chi connectivity index (χ4n) is 3.56. The number of thiazole rings is 1. The van der Waals surface area contributed by atoms with Crippen LogP contribution < -0.4 is 9.60 Å². The molecular formula is C24H23ClN2O3S2. The average Bonchev–Trinajstić information content (AvgIpc) is 3.08. The molecule has 0 saturated heterocycles. The Morgan fingerprint density at radius 2 is 1.72 bits per heavy atom. The minimum absolute atomic E-state index is 0.131. The van der Waals surface area contributed by atoms with Crippen LogP contribution in [0.2, 0.25) is 5.02 Å². The first-order valence-corrected chi connectivity index (χ1v) is 12.9. The quantitative estimate of drug-likeness (QED) is 0.378. The lowest BCUT2D eigenvalue weighted by Crippen LogP contribution is -2.32. The molecular weight excluding hydrogens is 464 g/mol. The first-order chi connectivity index (χ1) is 15.3. The maximum absolute atomic E-state index is 12.9. The van der Waals surface area contributed by atoms with Crippen molar-refractivity contribution >= 4 is 43.2 Å². The number of nitrogens with one attached hydrogen (secondary N) is 1. The van der Waals surface area contributed by atoms with Crippen LogP contribution in [-0.2, 0) is 23.0 Å². The normalized spacial score (nSPS) is 12.8. The van der Waals surface area contributed by atoms with Crippen LogP contribution in [0.25, 0.3) is 10.2 Å². The van der Waals surface area contributed by atoms with Crippen LogP contribution in [0.3, 0.4) is 0 Å². The Kier molecular flexibility index (Phi) is 6.81. The third-order valence-electron chi connectivity index (χ3n) is 5.27. The highest BCUT2D eigenvalue weighted by Crippen LogP contribution is 2.23. The van der Waals surface area contributed by atoms with Gasteiger partial charge in [0.1, 0.15) is 0 Å². The molecule has 0 amide bonds. The lowest BCUT2D eigenvalue weighted by molar-refractivity contribution is 0.547. The van der Waals surface area contributed by atoms with E-state index < -0.39 is 10.0 Å². The molecule has 1 N–H and O–H groups in total. The van der Waals surface area contributed by atoms with Crippen molar-refractivity contribution < 1.29 is 8.42 Å². The number of aryl methyl sites for hydroxylation is 1. The van der Waals surface area contributed by atoms with Crippen molar-refractivity contribution in [2.24, 2.45) is 0 Å². The minimum Gasteiger partial charge on any atom is -0.294 e. The van der Waals surface area contributed by atoms with Gasteiger partial charge in [-0.2, -0.15) is 0 Å². The van der Waals surface area contributed by atoms with E-state index in [1.54, 1.807) is 34.9 Å². The maximum atomic E-state index is 12.9. The molecule has 8 heteroatoms. The van der Waals surface area contributed by atoms with Gasteiger partial charge in [-0.1, -0.05) is 65.4 Å². The summed E-state index contributed by atoms with van der Waals surface area (Å²) in [5.41, 5.74) is 2.83. The Morgan fingerprint density at radius 3 is 2.44 bits per heavy atom. The number of hydrogen-bond acceptors (Lipinski definition) is 4. The lowest BCUT2D eigenvalue weighted by atomic mass is 10.1. The van der Waals surface area contributed by atoms with E-state index in [0.29, 0.717) is 28.2 Å². The molecule has 1 unspecified atom stereocenters. The fraction of sp³-hybridized carbons (Fsp3) is 0.208. The molecule has 0 radical (unpaired) electrons. The van der Waals surface area contributed by atoms with Gasteiger partial charge < -0.3 is 0 Å². The van der Waals surface area contributed by atoms with E-state index in [2.05, 4.69) is 4.72 Å². The van der Waals surface area contributed by atoms with Crippen LogP contribution in [-0.4, -0.2) is 19.0 Å². The van der Waals surface area contributed by atoms with Gasteiger partial charge in [-0.25, -0.2) is 13.1 Å². The standard InChI is InChI=1S/C24H23ClN2O3S2/c1-17(7-8-18-5-3-2-4-6-18)26-32(29,30)21-13-14-22-23(15-21)31-24(28)27(22)16-19-9-11-20(25)12-10-19/h2-6,9-15,17,26H,7-8,16H2,1H3. The van der Waals surface area contributed by atoms with E-state index >= 15 is 0 Å². The van der Waals surface area contributed by atoms with Crippen molar-refractivity contribution in [1.82, 2.24) is 9.29 Å². The predicted octanol–water partition coefficient (Wildman–Crippen LogP) is 5.06. The van der Waals surface area contributed by atoms with Crippen LogP contribution in [0, 0.1) is 0 Å². The molecule has 0 aliphatic carbocycles. The molecule has 4 aromatic rings. The summed E-state index contributed by atoms with van der Waals surface area (Å²) in [6.45, 7) is 2.26. The Labute approximate surface area is 196 Å². The zero-order chi connectivity index (χ0) is 22.7. The van der Waals surface area contributed by atoms with Gasteiger partial charge in [0, 0.05) is 11.1 Å². The summed E-state index contributed by atoms with van der Waals surface area (Å²) in [7, 11) is -3.69. The van der Waals surface area contributed by atoms with E-state index in [9.17, 15) is 13.2 Å². The second-order valence-electron chi connectivity index (χ2n) is 7.76. The van der Waals surface area contributed by atoms with E-state index in [1.165, 1.54) is 5.56 Å². The van der Waals surface area contributed by atoms with Crippen molar-refractivity contribution in [3.8, 4) is 0 Å². The summed E-state index contributed by atoms with van der Waals surface area (Å²) in [5.74, 6) is 0. The van der Waals surface area contributed by atoms with Crippen LogP contribution >= 0.6 is 22.9 Å². The minimum atomic E-state index is -3.69. The molecule has 5 nitrogen and oxygen atoms in total. The Hall–Kier alpha value is -2.45. The maximum Gasteiger partial charge on any atom is 0.308 e. The van der Waals surface area contributed by atoms with Crippen molar-refractivity contribution in [1.29, 1.82) is 0 Å². The Bertz CT molecular complexity index is 1380. The Balaban J connectivity index is 1.51. The van der Waals surface area contributed by atoms with Crippen molar-refractivity contribution in [3.05, 3.63) is 98.6 Å². The number of aromatic nitrogens is 1. The number of nitrogens with zero attached hydrogens (tertiary/aromatic N) is 1. The number of halogens is 1. The van der Waals surface area contributed by atoms with E-state index in [-0.39, 0.29) is 15.8 Å². The topological polar surface area (TPSA) is 68.2 Å². The zero-order valence-corrected chi connectivity index (χ0v) is 19.9. The van der Waals surface area contributed by atoms with Gasteiger partial charge in [-0.3, -0.25) is 9.36 Å². The van der Waals surface area contributed by atoms with E-state index in [0.717, 1.165) is 23.3 Å². The van der Waals surface area contributed by atoms with Gasteiger partial charge in [0.2, 0.25) is 10.0 Å². The fourth-order valence-corrected chi connectivity index (χ4v) is 5.99. The van der Waals surface area contributed by atoms with Gasteiger partial charge in [0.05, 0.1) is 21.7 Å². The summed E-state index contributed by atoms with van der Waals surface area (Å²) in [4.78, 5) is 12.6. The van der Waals surface area contributed by atoms with Crippen LogP contribution in [0.4, 0.5) is 0 Å². The number of hydrogen-bond donors (Lipinski definition) is 1. The van der Waals surface area contributed by atoms with Crippen molar-refractivity contribution in [2.45, 2.75) is 37.2 Å². The number of fused-ring (bicyclic) bond motifs is 1. The monoisotopic (exact) mass is 486 g/mol. The average molecular weight is 487 g/mol. The van der Waals surface area contributed by atoms with Gasteiger partial charge in [0.15, 0.2) is 0 Å². The first-order valence-electron chi connectivity index (χ1n) is 10.3. The van der Waals surface area contributed by atoms with E-state index in [1.807, 2.05) is 49.4 Å². The van der Waals surface area contributed by atoms with Gasteiger partial charge in [-0.15, -0.1) is 0 Å². The molecule has 4 rings (SSSR count). The SMILES string of the molecule is CC(CCc1ccccc1)NS(=O)(=O)c1ccc2c(c1)sc(=O)n2Cc1ccc(Cl)cc1. The second kappa shape index (κ2) is 9.58. The smallest absolute Gasteiger partial charge is 0.294 e. The summed E-state index contributed by atoms with van der Waals surface area (Å²) < 4.78 is 30.9. The molecule has 1 atom stereocenters. The largest absolute Gasteiger partial charge is 0.308 e. The molecule has 0 spiro atoms. The number of benzene rings is 3. The van der Waals surface area contributed by atoms with Crippen LogP contribution in [0.5, 0.6) is 0 Å². The molecule has 1 heterocycles. The zero-order valence-electron chi connectivity index (χ0n) is 17.5. The molecule has 0 bridgehead atoms. The summed E-state index contributed by atoms with van der Waals surface area (Å²) >= 11 is 6.98. The van der Waals surface area contributed by atoms with Crippen molar-refractivity contribution in [2.75, 3.05) is 0 Å². The third kappa shape index (κ3) is 5.30. The highest BCUT2D eigenvalue weighted by atomic mass is 35.5. The first kappa shape index (κ1) is 22.7. The van der Waals surface area contributed by atoms with E-state index in [4.69, 9.17) is 11.6 Å². The predicted molar refractivity (Wildman–Crippen MR) is 131 cm³/mol. The molecule has 3 aromatic carbocycles. The Morgan fingerprint density at radius 1 is 1.00 bits per heavy atom. The molecule has 0 aliphatic heterocycles. The highest BCUT2D eigenvalue weighted by Gasteiger charge is 2.19. The third-order valence-corrected chi connectivity index (χ3v) is 8.05. The summed E-state index contributed by atoms with van der Waals surface area (Å²) in [6, 6.07) is 21.9. The van der Waals surface area contributed by atoms with Crippen LogP contribution in [0.1, 0.15) is 24.5 Å². The van der Waals surface area contributed by atoms with Gasteiger partial charge in [-0.05, 0) is 61.2 Å². The van der Waals surface area contributed by atoms with Crippen LogP contribution in [0.15, 0.2) is 82.5 Å².